The number of benzene rings is 2. The zero-order valence-corrected chi connectivity index (χ0v) is 8.81. The highest BCUT2D eigenvalue weighted by Gasteiger charge is 2.26. The Labute approximate surface area is 93.5 Å². The number of aliphatic hydroxyl groups excluding tert-OH is 1. The predicted molar refractivity (Wildman–Crippen MR) is 62.6 cm³/mol. The van der Waals surface area contributed by atoms with Gasteiger partial charge in [0.05, 0.1) is 0 Å². The van der Waals surface area contributed by atoms with Crippen molar-refractivity contribution in [2.45, 2.75) is 18.9 Å². The molecule has 0 heterocycles. The maximum absolute atomic E-state index is 12.0. The van der Waals surface area contributed by atoms with Crippen molar-refractivity contribution in [1.29, 1.82) is 0 Å². The summed E-state index contributed by atoms with van der Waals surface area (Å²) in [6, 6.07) is 11.9. The molecule has 0 aromatic heterocycles. The summed E-state index contributed by atoms with van der Waals surface area (Å²) < 4.78 is 0. The largest absolute Gasteiger partial charge is 0.385 e. The molecule has 0 radical (unpaired) electrons. The lowest BCUT2D eigenvalue weighted by molar-refractivity contribution is 0.0715. The zero-order valence-electron chi connectivity index (χ0n) is 8.81. The minimum atomic E-state index is -0.821. The van der Waals surface area contributed by atoms with Gasteiger partial charge in [-0.3, -0.25) is 4.79 Å². The highest BCUT2D eigenvalue weighted by molar-refractivity contribution is 6.12. The van der Waals surface area contributed by atoms with Crippen LogP contribution in [0.15, 0.2) is 36.4 Å². The van der Waals surface area contributed by atoms with E-state index in [0.29, 0.717) is 6.42 Å². The smallest absolute Gasteiger partial charge is 0.192 e. The molecule has 1 atom stereocenters. The Hall–Kier alpha value is -1.67. The number of hydrogen-bond acceptors (Lipinski definition) is 2. The fourth-order valence-corrected chi connectivity index (χ4v) is 2.41. The van der Waals surface area contributed by atoms with Crippen LogP contribution in [0.4, 0.5) is 0 Å². The third kappa shape index (κ3) is 1.27. The molecule has 1 N–H and O–H groups in total. The summed E-state index contributed by atoms with van der Waals surface area (Å²) in [6.45, 7) is 0. The molecule has 0 bridgehead atoms. The number of ketones is 1. The first kappa shape index (κ1) is 9.55. The lowest BCUT2D eigenvalue weighted by Gasteiger charge is -2.20. The van der Waals surface area contributed by atoms with Crippen molar-refractivity contribution in [1.82, 2.24) is 0 Å². The number of fused-ring (bicyclic) bond motifs is 3. The third-order valence-corrected chi connectivity index (χ3v) is 3.25. The zero-order chi connectivity index (χ0) is 11.1. The second-order valence-corrected chi connectivity index (χ2v) is 4.24. The summed E-state index contributed by atoms with van der Waals surface area (Å²) in [6.07, 6.45) is 0.510. The maximum atomic E-state index is 12.0. The molecule has 16 heavy (non-hydrogen) atoms. The molecule has 1 aliphatic carbocycles. The fourth-order valence-electron chi connectivity index (χ4n) is 2.41. The average Bonchev–Trinajstić information content (AvgIpc) is 2.33. The molecule has 80 valence electrons. The van der Waals surface area contributed by atoms with E-state index in [9.17, 15) is 9.90 Å². The van der Waals surface area contributed by atoms with E-state index in [1.165, 1.54) is 0 Å². The van der Waals surface area contributed by atoms with Gasteiger partial charge in [0.2, 0.25) is 0 Å². The maximum Gasteiger partial charge on any atom is 0.192 e. The molecule has 0 saturated carbocycles. The SMILES string of the molecule is O=C1c2c(ccc3ccccc23)CC[C@H]1O. The van der Waals surface area contributed by atoms with Gasteiger partial charge in [0.25, 0.3) is 0 Å². The monoisotopic (exact) mass is 212 g/mol. The van der Waals surface area contributed by atoms with Gasteiger partial charge in [-0.1, -0.05) is 36.4 Å². The summed E-state index contributed by atoms with van der Waals surface area (Å²) in [5.41, 5.74) is 1.78. The highest BCUT2D eigenvalue weighted by Crippen LogP contribution is 2.28. The van der Waals surface area contributed by atoms with Crippen molar-refractivity contribution in [3.05, 3.63) is 47.5 Å². The number of carbonyl (C=O) groups is 1. The quantitative estimate of drug-likeness (QED) is 0.727. The van der Waals surface area contributed by atoms with E-state index in [0.717, 1.165) is 28.3 Å². The normalized spacial score (nSPS) is 19.8. The number of carbonyl (C=O) groups excluding carboxylic acids is 1. The summed E-state index contributed by atoms with van der Waals surface area (Å²) >= 11 is 0. The minimum absolute atomic E-state index is 0.127. The molecule has 1 aliphatic rings. The molecule has 0 spiro atoms. The van der Waals surface area contributed by atoms with E-state index >= 15 is 0 Å². The lowest BCUT2D eigenvalue weighted by atomic mass is 9.85. The van der Waals surface area contributed by atoms with E-state index < -0.39 is 6.10 Å². The number of aryl methyl sites for hydroxylation is 1. The average molecular weight is 212 g/mol. The number of rotatable bonds is 0. The minimum Gasteiger partial charge on any atom is -0.385 e. The molecule has 3 rings (SSSR count). The van der Waals surface area contributed by atoms with Crippen LogP contribution in [0.5, 0.6) is 0 Å². The standard InChI is InChI=1S/C14H12O2/c15-12-8-7-10-6-5-9-3-1-2-4-11(9)13(10)14(12)16/h1-6,12,15H,7-8H2/t12-/m1/s1. The van der Waals surface area contributed by atoms with E-state index in [4.69, 9.17) is 0 Å². The first-order chi connectivity index (χ1) is 7.77. The van der Waals surface area contributed by atoms with Gasteiger partial charge in [0.1, 0.15) is 6.10 Å². The van der Waals surface area contributed by atoms with E-state index in [1.54, 1.807) is 0 Å². The van der Waals surface area contributed by atoms with Gasteiger partial charge in [-0.2, -0.15) is 0 Å². The van der Waals surface area contributed by atoms with Crippen LogP contribution in [-0.4, -0.2) is 17.0 Å². The highest BCUT2D eigenvalue weighted by atomic mass is 16.3. The van der Waals surface area contributed by atoms with Gasteiger partial charge in [0, 0.05) is 5.56 Å². The molecule has 2 aromatic rings. The van der Waals surface area contributed by atoms with Crippen LogP contribution in [-0.2, 0) is 6.42 Å². The molecule has 2 heteroatoms. The Morgan fingerprint density at radius 2 is 1.94 bits per heavy atom. The Bertz CT molecular complexity index is 572. The van der Waals surface area contributed by atoms with Gasteiger partial charge >= 0.3 is 0 Å². The lowest BCUT2D eigenvalue weighted by Crippen LogP contribution is -2.27. The molecule has 0 saturated heterocycles. The van der Waals surface area contributed by atoms with E-state index in [-0.39, 0.29) is 5.78 Å². The molecule has 0 fully saturated rings. The number of hydrogen-bond donors (Lipinski definition) is 1. The molecular formula is C14H12O2. The van der Waals surface area contributed by atoms with Gasteiger partial charge in [0.15, 0.2) is 5.78 Å². The van der Waals surface area contributed by atoms with Crippen LogP contribution in [0.1, 0.15) is 22.3 Å². The van der Waals surface area contributed by atoms with Crippen LogP contribution >= 0.6 is 0 Å². The fraction of sp³-hybridized carbons (Fsp3) is 0.214. The Balaban J connectivity index is 2.36. The summed E-state index contributed by atoms with van der Waals surface area (Å²) in [4.78, 5) is 12.0. The second kappa shape index (κ2) is 3.42. The van der Waals surface area contributed by atoms with Crippen LogP contribution in [0.3, 0.4) is 0 Å². The molecule has 2 aromatic carbocycles. The van der Waals surface area contributed by atoms with Crippen molar-refractivity contribution in [2.75, 3.05) is 0 Å². The van der Waals surface area contributed by atoms with E-state index in [1.807, 2.05) is 36.4 Å². The number of Topliss-reactive ketones (excluding diaryl/α,β-unsaturated/α-hetero) is 1. The van der Waals surface area contributed by atoms with E-state index in [2.05, 4.69) is 0 Å². The molecule has 0 unspecified atom stereocenters. The Kier molecular flexibility index (Phi) is 2.04. The van der Waals surface area contributed by atoms with Crippen LogP contribution in [0.25, 0.3) is 10.8 Å². The van der Waals surface area contributed by atoms with Gasteiger partial charge in [-0.05, 0) is 29.2 Å². The van der Waals surface area contributed by atoms with Gasteiger partial charge in [-0.15, -0.1) is 0 Å². The topological polar surface area (TPSA) is 37.3 Å². The summed E-state index contributed by atoms with van der Waals surface area (Å²) in [7, 11) is 0. The third-order valence-electron chi connectivity index (χ3n) is 3.25. The molecule has 0 aliphatic heterocycles. The second-order valence-electron chi connectivity index (χ2n) is 4.24. The first-order valence-corrected chi connectivity index (χ1v) is 5.50. The van der Waals surface area contributed by atoms with Crippen molar-refractivity contribution >= 4 is 16.6 Å². The number of aliphatic hydroxyl groups is 1. The van der Waals surface area contributed by atoms with Gasteiger partial charge in [-0.25, -0.2) is 0 Å². The van der Waals surface area contributed by atoms with Crippen molar-refractivity contribution in [3.63, 3.8) is 0 Å². The predicted octanol–water partition coefficient (Wildman–Crippen LogP) is 2.33. The molecule has 0 amide bonds. The van der Waals surface area contributed by atoms with Crippen LogP contribution in [0.2, 0.25) is 0 Å². The van der Waals surface area contributed by atoms with Gasteiger partial charge < -0.3 is 5.11 Å². The van der Waals surface area contributed by atoms with Crippen molar-refractivity contribution in [3.8, 4) is 0 Å². The Morgan fingerprint density at radius 3 is 2.81 bits per heavy atom. The van der Waals surface area contributed by atoms with Crippen molar-refractivity contribution in [2.24, 2.45) is 0 Å². The molecule has 2 nitrogen and oxygen atoms in total. The summed E-state index contributed by atoms with van der Waals surface area (Å²) in [5.74, 6) is -0.127. The Morgan fingerprint density at radius 1 is 1.12 bits per heavy atom. The summed E-state index contributed by atoms with van der Waals surface area (Å²) in [5, 5.41) is 11.7. The van der Waals surface area contributed by atoms with Crippen LogP contribution < -0.4 is 0 Å². The van der Waals surface area contributed by atoms with Crippen LogP contribution in [0, 0.1) is 0 Å². The first-order valence-electron chi connectivity index (χ1n) is 5.50. The molecular weight excluding hydrogens is 200 g/mol. The van der Waals surface area contributed by atoms with Crippen molar-refractivity contribution < 1.29 is 9.90 Å².